The van der Waals surface area contributed by atoms with E-state index in [1.54, 1.807) is 22.9 Å². The number of aromatic nitrogens is 10. The van der Waals surface area contributed by atoms with E-state index < -0.39 is 0 Å². The molecular formula is C92H114N16O5. The van der Waals surface area contributed by atoms with Gasteiger partial charge in [0.1, 0.15) is 23.2 Å². The van der Waals surface area contributed by atoms with Gasteiger partial charge in [0.25, 0.3) is 0 Å². The molecule has 0 spiro atoms. The van der Waals surface area contributed by atoms with Gasteiger partial charge in [-0.15, -0.1) is 0 Å². The summed E-state index contributed by atoms with van der Waals surface area (Å²) in [4.78, 5) is 70.7. The Bertz CT molecular complexity index is 4810. The Labute approximate surface area is 667 Å². The lowest BCUT2D eigenvalue weighted by Gasteiger charge is -2.31. The summed E-state index contributed by atoms with van der Waals surface area (Å²) < 4.78 is 15.3. The van der Waals surface area contributed by atoms with Crippen LogP contribution in [0.1, 0.15) is 140 Å². The first kappa shape index (κ1) is 80.8. The van der Waals surface area contributed by atoms with Gasteiger partial charge in [0, 0.05) is 158 Å². The van der Waals surface area contributed by atoms with E-state index >= 15 is 0 Å². The maximum Gasteiger partial charge on any atom is 0.409 e. The quantitative estimate of drug-likeness (QED) is 0.100. The second-order valence-corrected chi connectivity index (χ2v) is 31.1. The molecule has 13 heterocycles. The highest BCUT2D eigenvalue weighted by atomic mass is 16.5. The Balaban J connectivity index is 0.000000121. The number of amides is 1. The van der Waals surface area contributed by atoms with Gasteiger partial charge in [0.15, 0.2) is 12.1 Å². The number of hydrogen-bond acceptors (Lipinski definition) is 15. The first-order valence-electron chi connectivity index (χ1n) is 40.7. The molecular weight excluding hydrogens is 1410 g/mol. The van der Waals surface area contributed by atoms with Crippen LogP contribution in [0.3, 0.4) is 0 Å². The van der Waals surface area contributed by atoms with E-state index in [9.17, 15) is 19.5 Å². The normalized spacial score (nSPS) is 17.4. The van der Waals surface area contributed by atoms with Crippen molar-refractivity contribution in [2.24, 2.45) is 5.92 Å². The van der Waals surface area contributed by atoms with Crippen molar-refractivity contribution in [3.05, 3.63) is 285 Å². The molecule has 592 valence electrons. The Morgan fingerprint density at radius 3 is 1.43 bits per heavy atom. The molecule has 1 amide bonds. The number of aliphatic hydroxyl groups is 1. The number of ketones is 1. The maximum absolute atomic E-state index is 12.7. The highest BCUT2D eigenvalue weighted by molar-refractivity contribution is 5.95. The predicted molar refractivity (Wildman–Crippen MR) is 447 cm³/mol. The summed E-state index contributed by atoms with van der Waals surface area (Å²) in [5, 5.41) is 9.64. The molecule has 113 heavy (non-hydrogen) atoms. The maximum atomic E-state index is 12.7. The van der Waals surface area contributed by atoms with Gasteiger partial charge in [-0.2, -0.15) is 0 Å². The minimum Gasteiger partial charge on any atom is -0.453 e. The standard InChI is InChI=1S/C19H23N3O.C19H21N3O.C18H23N3O.C18H21N3.C11H12N2.C7H14N2O2/c2*1-21-9-6-15(7-10-21)18-17-5-3-2-4-14(17)8-11-22-16(13-23)12-20-19(18)22;1-20-11-8-16(9-12-20)17(22)18-19-10-14-21(18)13-7-15-5-3-2-4-6-15;1-20-10-6-15(7-11-20)17-16-5-3-2-4-14(16)8-12-21-13-9-19-18(17)21;1-2-4-11(5-3-1)6-8-13-9-7-12-10-13;1-8-3-5-9(6-4-8)7(10)11-2/h2-5,12,23H,6-11,13H2,1H3;2-5,12-13H,6-11H2,1H3;2-6,10,14,16H,7-9,11-13H2,1H3;2-5,9,13H,6-8,10-12H2,1H3;1-5,7,9-10H,6,8H2;3-6H2,1-2H3. The number of fused-ring (bicyclic) bond motifs is 6. The summed E-state index contributed by atoms with van der Waals surface area (Å²) in [5.74, 6) is 4.15. The number of rotatable bonds is 10. The molecule has 21 nitrogen and oxygen atoms in total. The number of hydrogen-bond donors (Lipinski definition) is 1. The third kappa shape index (κ3) is 20.8. The number of likely N-dealkylation sites (N-methyl/N-ethyl adjacent to an activating group) is 1. The summed E-state index contributed by atoms with van der Waals surface area (Å²) in [6, 6.07) is 47.1. The van der Waals surface area contributed by atoms with Crippen molar-refractivity contribution in [2.75, 3.05) is 121 Å². The van der Waals surface area contributed by atoms with E-state index in [4.69, 9.17) is 4.98 Å². The van der Waals surface area contributed by atoms with Gasteiger partial charge >= 0.3 is 6.09 Å². The van der Waals surface area contributed by atoms with Crippen LogP contribution in [-0.2, 0) is 76.2 Å². The minimum absolute atomic E-state index is 0.0503. The van der Waals surface area contributed by atoms with E-state index in [0.29, 0.717) is 11.5 Å². The molecule has 5 saturated heterocycles. The van der Waals surface area contributed by atoms with Crippen molar-refractivity contribution in [3.8, 4) is 0 Å². The zero-order chi connectivity index (χ0) is 78.4. The molecule has 8 aliphatic heterocycles. The monoisotopic (exact) mass is 1520 g/mol. The Hall–Kier alpha value is -10.3. The van der Waals surface area contributed by atoms with Crippen LogP contribution >= 0.6 is 0 Å². The Morgan fingerprint density at radius 2 is 0.920 bits per heavy atom. The van der Waals surface area contributed by atoms with Gasteiger partial charge in [-0.1, -0.05) is 150 Å². The number of benzene rings is 5. The molecule has 0 saturated carbocycles. The molecule has 5 aromatic carbocycles. The van der Waals surface area contributed by atoms with E-state index in [1.165, 1.54) is 85.3 Å². The van der Waals surface area contributed by atoms with Crippen molar-refractivity contribution < 1.29 is 24.2 Å². The van der Waals surface area contributed by atoms with Crippen LogP contribution in [0.25, 0.3) is 16.7 Å². The molecule has 0 radical (unpaired) electrons. The predicted octanol–water partition coefficient (Wildman–Crippen LogP) is 13.0. The number of aldehydes is 1. The second-order valence-electron chi connectivity index (χ2n) is 31.1. The topological polar surface area (TPSA) is 189 Å². The largest absolute Gasteiger partial charge is 0.453 e. The van der Waals surface area contributed by atoms with Crippen LogP contribution in [0, 0.1) is 5.92 Å². The van der Waals surface area contributed by atoms with Crippen molar-refractivity contribution >= 4 is 34.9 Å². The zero-order valence-electron chi connectivity index (χ0n) is 67.2. The average Bonchev–Trinajstić information content (AvgIpc) is 1.65. The van der Waals surface area contributed by atoms with Crippen LogP contribution < -0.4 is 0 Å². The summed E-state index contributed by atoms with van der Waals surface area (Å²) in [7, 11) is 12.2. The molecule has 5 fully saturated rings. The fraction of sp³-hybridized carbons (Fsp3) is 0.413. The van der Waals surface area contributed by atoms with E-state index in [0.717, 1.165) is 218 Å². The van der Waals surface area contributed by atoms with Crippen molar-refractivity contribution in [1.29, 1.82) is 0 Å². The van der Waals surface area contributed by atoms with Gasteiger partial charge in [-0.05, 0) is 176 Å². The number of aliphatic hydroxyl groups excluding tert-OH is 1. The van der Waals surface area contributed by atoms with Crippen LogP contribution in [0.2, 0.25) is 0 Å². The number of nitrogens with zero attached hydrogens (tertiary/aromatic N) is 16. The van der Waals surface area contributed by atoms with E-state index in [-0.39, 0.29) is 24.4 Å². The highest BCUT2D eigenvalue weighted by Crippen LogP contribution is 2.40. The molecule has 18 rings (SSSR count). The smallest absolute Gasteiger partial charge is 0.409 e. The number of piperazine rings is 1. The minimum atomic E-state index is -0.210. The average molecular weight is 1520 g/mol. The zero-order valence-corrected chi connectivity index (χ0v) is 67.2. The number of carbonyl (C=O) groups is 3. The lowest BCUT2D eigenvalue weighted by molar-refractivity contribution is 0.0840. The number of methoxy groups -OCH3 is 1. The Kier molecular flexibility index (Phi) is 28.6. The molecule has 0 aliphatic carbocycles. The fourth-order valence-corrected chi connectivity index (χ4v) is 16.6. The van der Waals surface area contributed by atoms with Gasteiger partial charge in [0.05, 0.1) is 38.1 Å². The second kappa shape index (κ2) is 40.0. The lowest BCUT2D eigenvalue weighted by Crippen LogP contribution is -2.47. The first-order valence-corrected chi connectivity index (χ1v) is 40.7. The van der Waals surface area contributed by atoms with Crippen molar-refractivity contribution in [1.82, 2.24) is 77.2 Å². The van der Waals surface area contributed by atoms with E-state index in [1.807, 2.05) is 66.1 Å². The highest BCUT2D eigenvalue weighted by Gasteiger charge is 2.31. The number of likely N-dealkylation sites (tertiary alicyclic amines) is 4. The molecule has 0 unspecified atom stereocenters. The molecule has 1 N–H and O–H groups in total. The van der Waals surface area contributed by atoms with Gasteiger partial charge in [-0.3, -0.25) is 9.59 Å². The van der Waals surface area contributed by atoms with Crippen molar-refractivity contribution in [2.45, 2.75) is 123 Å². The number of Topliss-reactive ketones (excluding diaryl/α,β-unsaturated/α-hetero) is 1. The number of ether oxygens (including phenoxy) is 1. The van der Waals surface area contributed by atoms with Gasteiger partial charge in [0.2, 0.25) is 5.78 Å². The van der Waals surface area contributed by atoms with Gasteiger partial charge < -0.3 is 62.1 Å². The molecule has 0 bridgehead atoms. The number of aryl methyl sites for hydroxylation is 8. The lowest BCUT2D eigenvalue weighted by atomic mass is 9.90. The van der Waals surface area contributed by atoms with Gasteiger partial charge in [-0.25, -0.2) is 29.7 Å². The summed E-state index contributed by atoms with van der Waals surface area (Å²) in [5.41, 5.74) is 21.0. The van der Waals surface area contributed by atoms with E-state index in [2.05, 4.69) is 218 Å². The molecule has 0 atom stereocenters. The fourth-order valence-electron chi connectivity index (χ4n) is 16.6. The third-order valence-electron chi connectivity index (χ3n) is 23.5. The first-order chi connectivity index (χ1) is 55.3. The number of imidazole rings is 5. The third-order valence-corrected chi connectivity index (χ3v) is 23.5. The number of piperidine rings is 4. The SMILES string of the molecule is CN1CCC(=C2c3ccccc3CCn3c(C=O)cnc32)CC1.CN1CCC(=C2c3ccccc3CCn3c(CO)cnc32)CC1.CN1CCC(=C2c3ccccc3CCn3ccnc32)CC1.CN1CCC(C(=O)c2nccn2CCc2ccccc2)CC1.COC(=O)N1CCN(C)CC1.c1ccc(CCn2ccnc2)cc1. The summed E-state index contributed by atoms with van der Waals surface area (Å²) in [6.07, 6.45) is 31.2. The summed E-state index contributed by atoms with van der Waals surface area (Å²) >= 11 is 0. The summed E-state index contributed by atoms with van der Waals surface area (Å²) in [6.45, 7) is 16.7. The van der Waals surface area contributed by atoms with Crippen LogP contribution in [-0.4, -0.2) is 221 Å². The molecule has 8 aliphatic rings. The van der Waals surface area contributed by atoms with Crippen molar-refractivity contribution in [3.63, 3.8) is 0 Å². The van der Waals surface area contributed by atoms with Crippen LogP contribution in [0.4, 0.5) is 4.79 Å². The Morgan fingerprint density at radius 1 is 0.460 bits per heavy atom. The molecule has 10 aromatic rings. The van der Waals surface area contributed by atoms with Crippen LogP contribution in [0.15, 0.2) is 206 Å². The molecule has 5 aromatic heterocycles. The molecule has 21 heteroatoms. The van der Waals surface area contributed by atoms with Crippen LogP contribution in [0.5, 0.6) is 0 Å². The number of carbonyl (C=O) groups excluding carboxylic acids is 3.